The fourth-order valence-electron chi connectivity index (χ4n) is 1.47. The molecule has 17 heavy (non-hydrogen) atoms. The van der Waals surface area contributed by atoms with Crippen LogP contribution in [0.15, 0.2) is 23.4 Å². The summed E-state index contributed by atoms with van der Waals surface area (Å²) in [4.78, 5) is 3.62. The van der Waals surface area contributed by atoms with Gasteiger partial charge >= 0.3 is 0 Å². The zero-order valence-electron chi connectivity index (χ0n) is 10.1. The predicted molar refractivity (Wildman–Crippen MR) is 63.5 cm³/mol. The van der Waals surface area contributed by atoms with Crippen LogP contribution in [0.3, 0.4) is 0 Å². The summed E-state index contributed by atoms with van der Waals surface area (Å²) in [6.07, 6.45) is 2.92. The molecule has 96 valence electrons. The molecular formula is C11H17FN2O2S. The van der Waals surface area contributed by atoms with Crippen molar-refractivity contribution in [2.45, 2.75) is 31.7 Å². The number of unbranched alkanes of at least 4 members (excludes halogenated alkanes) is 1. The molecule has 0 saturated heterocycles. The third-order valence-electron chi connectivity index (χ3n) is 2.42. The van der Waals surface area contributed by atoms with Crippen molar-refractivity contribution in [2.75, 3.05) is 13.1 Å². The Labute approximate surface area is 102 Å². The van der Waals surface area contributed by atoms with Gasteiger partial charge in [-0.25, -0.2) is 17.8 Å². The maximum atomic E-state index is 13.4. The minimum Gasteiger partial charge on any atom is -0.241 e. The Kier molecular flexibility index (Phi) is 5.02. The van der Waals surface area contributed by atoms with Crippen molar-refractivity contribution in [3.63, 3.8) is 0 Å². The van der Waals surface area contributed by atoms with Crippen LogP contribution in [0.4, 0.5) is 4.39 Å². The van der Waals surface area contributed by atoms with Gasteiger partial charge in [0.15, 0.2) is 5.82 Å². The maximum absolute atomic E-state index is 13.4. The van der Waals surface area contributed by atoms with Gasteiger partial charge in [-0.3, -0.25) is 0 Å². The minimum absolute atomic E-state index is 0.318. The van der Waals surface area contributed by atoms with Gasteiger partial charge in [-0.15, -0.1) is 0 Å². The van der Waals surface area contributed by atoms with Crippen molar-refractivity contribution in [3.8, 4) is 0 Å². The van der Waals surface area contributed by atoms with Gasteiger partial charge in [-0.05, 0) is 18.6 Å². The first-order valence-corrected chi connectivity index (χ1v) is 7.08. The zero-order valence-corrected chi connectivity index (χ0v) is 10.9. The summed E-state index contributed by atoms with van der Waals surface area (Å²) in [5.41, 5.74) is 0. The molecule has 0 aliphatic carbocycles. The van der Waals surface area contributed by atoms with Crippen molar-refractivity contribution >= 4 is 10.0 Å². The molecule has 6 heteroatoms. The number of aromatic nitrogens is 1. The van der Waals surface area contributed by atoms with Crippen molar-refractivity contribution in [3.05, 3.63) is 24.1 Å². The lowest BCUT2D eigenvalue weighted by atomic mass is 10.3. The number of sulfonamides is 1. The third kappa shape index (κ3) is 3.23. The molecular weight excluding hydrogens is 243 g/mol. The van der Waals surface area contributed by atoms with E-state index in [2.05, 4.69) is 4.98 Å². The van der Waals surface area contributed by atoms with Crippen molar-refractivity contribution < 1.29 is 12.8 Å². The van der Waals surface area contributed by atoms with Gasteiger partial charge in [-0.1, -0.05) is 20.3 Å². The van der Waals surface area contributed by atoms with Gasteiger partial charge in [0.1, 0.15) is 0 Å². The predicted octanol–water partition coefficient (Wildman–Crippen LogP) is 2.03. The van der Waals surface area contributed by atoms with E-state index in [0.29, 0.717) is 13.1 Å². The van der Waals surface area contributed by atoms with Gasteiger partial charge in [0, 0.05) is 19.3 Å². The second-order valence-electron chi connectivity index (χ2n) is 3.64. The van der Waals surface area contributed by atoms with Crippen molar-refractivity contribution in [1.82, 2.24) is 9.29 Å². The van der Waals surface area contributed by atoms with E-state index in [1.54, 1.807) is 6.92 Å². The average Bonchev–Trinajstić information content (AvgIpc) is 2.30. The summed E-state index contributed by atoms with van der Waals surface area (Å²) in [6.45, 7) is 4.42. The van der Waals surface area contributed by atoms with Gasteiger partial charge in [0.05, 0.1) is 0 Å². The van der Waals surface area contributed by atoms with E-state index in [-0.39, 0.29) is 0 Å². The van der Waals surface area contributed by atoms with E-state index in [4.69, 9.17) is 0 Å². The monoisotopic (exact) mass is 260 g/mol. The molecule has 0 radical (unpaired) electrons. The standard InChI is InChI=1S/C11H17FN2O2S/c1-3-5-9-14(4-2)17(15,16)11-10(12)7-6-8-13-11/h6-8H,3-5,9H2,1-2H3. The molecule has 0 spiro atoms. The molecule has 1 aromatic heterocycles. The van der Waals surface area contributed by atoms with Crippen molar-refractivity contribution in [2.24, 2.45) is 0 Å². The van der Waals surface area contributed by atoms with Crippen LogP contribution in [-0.4, -0.2) is 30.8 Å². The van der Waals surface area contributed by atoms with E-state index in [1.165, 1.54) is 16.6 Å². The maximum Gasteiger partial charge on any atom is 0.263 e. The lowest BCUT2D eigenvalue weighted by molar-refractivity contribution is 0.412. The van der Waals surface area contributed by atoms with Crippen LogP contribution in [0.2, 0.25) is 0 Å². The summed E-state index contributed by atoms with van der Waals surface area (Å²) < 4.78 is 38.9. The quantitative estimate of drug-likeness (QED) is 0.786. The summed E-state index contributed by atoms with van der Waals surface area (Å²) in [5.74, 6) is -0.803. The summed E-state index contributed by atoms with van der Waals surface area (Å²) >= 11 is 0. The van der Waals surface area contributed by atoms with Crippen LogP contribution in [0, 0.1) is 5.82 Å². The Hall–Kier alpha value is -1.01. The highest BCUT2D eigenvalue weighted by atomic mass is 32.2. The molecule has 0 saturated carbocycles. The smallest absolute Gasteiger partial charge is 0.241 e. The van der Waals surface area contributed by atoms with E-state index >= 15 is 0 Å². The molecule has 0 aromatic carbocycles. The molecule has 0 fully saturated rings. The molecule has 0 unspecified atom stereocenters. The first-order valence-electron chi connectivity index (χ1n) is 5.64. The fraction of sp³-hybridized carbons (Fsp3) is 0.545. The normalized spacial score (nSPS) is 12.0. The molecule has 0 amide bonds. The van der Waals surface area contributed by atoms with Gasteiger partial charge < -0.3 is 0 Å². The SMILES string of the molecule is CCCCN(CC)S(=O)(=O)c1ncccc1F. The zero-order chi connectivity index (χ0) is 12.9. The second kappa shape index (κ2) is 6.07. The summed E-state index contributed by atoms with van der Waals surface area (Å²) in [6, 6.07) is 2.48. The Morgan fingerprint density at radius 3 is 2.65 bits per heavy atom. The number of rotatable bonds is 6. The Balaban J connectivity index is 3.05. The van der Waals surface area contributed by atoms with Gasteiger partial charge in [0.25, 0.3) is 10.0 Å². The molecule has 1 heterocycles. The van der Waals surface area contributed by atoms with Crippen LogP contribution in [0.1, 0.15) is 26.7 Å². The van der Waals surface area contributed by atoms with E-state index in [9.17, 15) is 12.8 Å². The summed E-state index contributed by atoms with van der Waals surface area (Å²) in [7, 11) is -3.81. The van der Waals surface area contributed by atoms with E-state index in [1.807, 2.05) is 6.92 Å². The molecule has 0 atom stereocenters. The fourth-order valence-corrected chi connectivity index (χ4v) is 2.93. The molecule has 4 nitrogen and oxygen atoms in total. The molecule has 0 bridgehead atoms. The molecule has 0 N–H and O–H groups in total. The highest BCUT2D eigenvalue weighted by molar-refractivity contribution is 7.89. The lowest BCUT2D eigenvalue weighted by Gasteiger charge is -2.19. The number of nitrogens with zero attached hydrogens (tertiary/aromatic N) is 2. The van der Waals surface area contributed by atoms with Crippen molar-refractivity contribution in [1.29, 1.82) is 0 Å². The number of halogens is 1. The highest BCUT2D eigenvalue weighted by Crippen LogP contribution is 2.16. The topological polar surface area (TPSA) is 50.3 Å². The number of pyridine rings is 1. The minimum atomic E-state index is -3.81. The van der Waals surface area contributed by atoms with E-state index in [0.717, 1.165) is 18.9 Å². The third-order valence-corrected chi connectivity index (χ3v) is 4.33. The second-order valence-corrected chi connectivity index (χ2v) is 5.49. The van der Waals surface area contributed by atoms with Gasteiger partial charge in [-0.2, -0.15) is 4.31 Å². The first kappa shape index (κ1) is 14.1. The van der Waals surface area contributed by atoms with Crippen LogP contribution in [0.25, 0.3) is 0 Å². The van der Waals surface area contributed by atoms with E-state index < -0.39 is 20.9 Å². The van der Waals surface area contributed by atoms with Crippen LogP contribution in [-0.2, 0) is 10.0 Å². The molecule has 1 rings (SSSR count). The largest absolute Gasteiger partial charge is 0.263 e. The molecule has 1 aromatic rings. The lowest BCUT2D eigenvalue weighted by Crippen LogP contribution is -2.33. The average molecular weight is 260 g/mol. The number of hydrogen-bond donors (Lipinski definition) is 0. The van der Waals surface area contributed by atoms with Crippen LogP contribution < -0.4 is 0 Å². The highest BCUT2D eigenvalue weighted by Gasteiger charge is 2.26. The van der Waals surface area contributed by atoms with Crippen LogP contribution in [0.5, 0.6) is 0 Å². The molecule has 0 aliphatic rings. The van der Waals surface area contributed by atoms with Crippen LogP contribution >= 0.6 is 0 Å². The Morgan fingerprint density at radius 1 is 1.41 bits per heavy atom. The first-order chi connectivity index (χ1) is 8.04. The Bertz CT molecular complexity index is 462. The summed E-state index contributed by atoms with van der Waals surface area (Å²) in [5, 5.41) is -0.488. The molecule has 0 aliphatic heterocycles. The van der Waals surface area contributed by atoms with Gasteiger partial charge in [0.2, 0.25) is 5.03 Å². The Morgan fingerprint density at radius 2 is 2.12 bits per heavy atom. The number of hydrogen-bond acceptors (Lipinski definition) is 3.